The molecule has 1 aromatic heterocycles. The third-order valence-corrected chi connectivity index (χ3v) is 3.43. The van der Waals surface area contributed by atoms with Crippen molar-refractivity contribution in [2.24, 2.45) is 0 Å². The van der Waals surface area contributed by atoms with E-state index in [2.05, 4.69) is 20.9 Å². The summed E-state index contributed by atoms with van der Waals surface area (Å²) in [7, 11) is 0. The maximum Gasteiger partial charge on any atom is 0.172 e. The van der Waals surface area contributed by atoms with Crippen molar-refractivity contribution in [2.45, 2.75) is 13.5 Å². The number of aryl methyl sites for hydroxylation is 1. The second-order valence-corrected chi connectivity index (χ2v) is 5.35. The number of pyridine rings is 1. The highest BCUT2D eigenvalue weighted by Gasteiger charge is 2.06. The smallest absolute Gasteiger partial charge is 0.172 e. The number of hydrogen-bond acceptors (Lipinski definition) is 3. The molecule has 19 heavy (non-hydrogen) atoms. The summed E-state index contributed by atoms with van der Waals surface area (Å²) in [6.07, 6.45) is 2.23. The van der Waals surface area contributed by atoms with Gasteiger partial charge in [-0.25, -0.2) is 4.98 Å². The SMILES string of the molecule is Cc1cc(COc2cc(Br)cnc2C=O)ccc1Cl. The van der Waals surface area contributed by atoms with E-state index in [0.717, 1.165) is 20.6 Å². The van der Waals surface area contributed by atoms with Crippen LogP contribution in [0.25, 0.3) is 0 Å². The van der Waals surface area contributed by atoms with E-state index in [-0.39, 0.29) is 5.69 Å². The minimum Gasteiger partial charge on any atom is -0.486 e. The Bertz CT molecular complexity index is 616. The van der Waals surface area contributed by atoms with Crippen LogP contribution in [0.4, 0.5) is 0 Å². The maximum absolute atomic E-state index is 10.9. The lowest BCUT2D eigenvalue weighted by Gasteiger charge is -2.09. The predicted molar refractivity (Wildman–Crippen MR) is 77.8 cm³/mol. The number of hydrogen-bond donors (Lipinski definition) is 0. The standard InChI is InChI=1S/C14H11BrClNO2/c1-9-4-10(2-3-12(9)16)8-19-14-5-11(15)6-17-13(14)7-18/h2-7H,8H2,1H3. The van der Waals surface area contributed by atoms with E-state index in [0.29, 0.717) is 18.6 Å². The highest BCUT2D eigenvalue weighted by molar-refractivity contribution is 9.10. The first kappa shape index (κ1) is 14.0. The third-order valence-electron chi connectivity index (χ3n) is 2.58. The van der Waals surface area contributed by atoms with Gasteiger partial charge in [-0.05, 0) is 46.1 Å². The zero-order valence-corrected chi connectivity index (χ0v) is 12.5. The third kappa shape index (κ3) is 3.55. The van der Waals surface area contributed by atoms with Crippen molar-refractivity contribution in [3.8, 4) is 5.75 Å². The van der Waals surface area contributed by atoms with Crippen LogP contribution in [-0.2, 0) is 6.61 Å². The van der Waals surface area contributed by atoms with Crippen molar-refractivity contribution < 1.29 is 9.53 Å². The van der Waals surface area contributed by atoms with Crippen LogP contribution in [0, 0.1) is 6.92 Å². The van der Waals surface area contributed by atoms with Gasteiger partial charge in [0.15, 0.2) is 6.29 Å². The summed E-state index contributed by atoms with van der Waals surface area (Å²) in [5.41, 5.74) is 2.26. The van der Waals surface area contributed by atoms with Gasteiger partial charge in [-0.3, -0.25) is 4.79 Å². The van der Waals surface area contributed by atoms with Crippen molar-refractivity contribution >= 4 is 33.8 Å². The highest BCUT2D eigenvalue weighted by atomic mass is 79.9. The van der Waals surface area contributed by atoms with Gasteiger partial charge in [-0.15, -0.1) is 0 Å². The molecule has 0 aliphatic heterocycles. The summed E-state index contributed by atoms with van der Waals surface area (Å²) >= 11 is 9.26. The molecule has 2 rings (SSSR count). The number of halogens is 2. The Labute approximate surface area is 124 Å². The lowest BCUT2D eigenvalue weighted by atomic mass is 10.1. The second-order valence-electron chi connectivity index (χ2n) is 4.03. The number of nitrogens with zero attached hydrogens (tertiary/aromatic N) is 1. The topological polar surface area (TPSA) is 39.2 Å². The van der Waals surface area contributed by atoms with E-state index in [4.69, 9.17) is 16.3 Å². The number of aromatic nitrogens is 1. The van der Waals surface area contributed by atoms with Crippen molar-refractivity contribution in [3.63, 3.8) is 0 Å². The average molecular weight is 341 g/mol. The first-order valence-corrected chi connectivity index (χ1v) is 6.76. The molecule has 1 heterocycles. The zero-order chi connectivity index (χ0) is 13.8. The Balaban J connectivity index is 2.16. The Morgan fingerprint density at radius 2 is 2.21 bits per heavy atom. The van der Waals surface area contributed by atoms with Gasteiger partial charge in [0, 0.05) is 15.7 Å². The van der Waals surface area contributed by atoms with Crippen LogP contribution in [0.15, 0.2) is 34.9 Å². The van der Waals surface area contributed by atoms with Gasteiger partial charge >= 0.3 is 0 Å². The van der Waals surface area contributed by atoms with Crippen molar-refractivity contribution in [3.05, 3.63) is 56.8 Å². The summed E-state index contributed by atoms with van der Waals surface area (Å²) in [5, 5.41) is 0.724. The quantitative estimate of drug-likeness (QED) is 0.783. The monoisotopic (exact) mass is 339 g/mol. The molecule has 2 aromatic rings. The molecule has 0 fully saturated rings. The van der Waals surface area contributed by atoms with Crippen LogP contribution in [0.5, 0.6) is 5.75 Å². The van der Waals surface area contributed by atoms with E-state index >= 15 is 0 Å². The Kier molecular flexibility index (Phi) is 4.56. The minimum absolute atomic E-state index is 0.286. The van der Waals surface area contributed by atoms with Gasteiger partial charge in [0.25, 0.3) is 0 Å². The predicted octanol–water partition coefficient (Wildman–Crippen LogP) is 4.20. The van der Waals surface area contributed by atoms with Crippen LogP contribution < -0.4 is 4.74 Å². The Hall–Kier alpha value is -1.39. The van der Waals surface area contributed by atoms with Gasteiger partial charge in [0.05, 0.1) is 0 Å². The number of carbonyl (C=O) groups excluding carboxylic acids is 1. The fourth-order valence-electron chi connectivity index (χ4n) is 1.59. The lowest BCUT2D eigenvalue weighted by molar-refractivity contribution is 0.111. The number of ether oxygens (including phenoxy) is 1. The van der Waals surface area contributed by atoms with Gasteiger partial charge < -0.3 is 4.74 Å². The van der Waals surface area contributed by atoms with Crippen LogP contribution in [0.2, 0.25) is 5.02 Å². The van der Waals surface area contributed by atoms with E-state index in [1.807, 2.05) is 25.1 Å². The first-order valence-electron chi connectivity index (χ1n) is 5.58. The summed E-state index contributed by atoms with van der Waals surface area (Å²) < 4.78 is 6.39. The normalized spacial score (nSPS) is 10.3. The molecule has 0 aliphatic carbocycles. The molecule has 0 N–H and O–H groups in total. The van der Waals surface area contributed by atoms with Gasteiger partial charge in [0.2, 0.25) is 0 Å². The highest BCUT2D eigenvalue weighted by Crippen LogP contribution is 2.22. The molecule has 0 bridgehead atoms. The Morgan fingerprint density at radius 3 is 2.89 bits per heavy atom. The molecular weight excluding hydrogens is 330 g/mol. The number of carbonyl (C=O) groups is 1. The molecule has 98 valence electrons. The molecule has 0 saturated heterocycles. The second kappa shape index (κ2) is 6.17. The van der Waals surface area contributed by atoms with Crippen molar-refractivity contribution in [1.29, 1.82) is 0 Å². The molecule has 0 spiro atoms. The number of rotatable bonds is 4. The number of aldehydes is 1. The Morgan fingerprint density at radius 1 is 1.42 bits per heavy atom. The molecule has 0 atom stereocenters. The molecule has 0 unspecified atom stereocenters. The van der Waals surface area contributed by atoms with Gasteiger partial charge in [0.1, 0.15) is 18.1 Å². The summed E-state index contributed by atoms with van der Waals surface area (Å²) in [5.74, 6) is 0.456. The fourth-order valence-corrected chi connectivity index (χ4v) is 2.02. The molecule has 3 nitrogen and oxygen atoms in total. The molecule has 5 heteroatoms. The van der Waals surface area contributed by atoms with Gasteiger partial charge in [-0.1, -0.05) is 23.7 Å². The molecule has 0 radical (unpaired) electrons. The van der Waals surface area contributed by atoms with E-state index in [1.54, 1.807) is 12.3 Å². The maximum atomic E-state index is 10.9. The van der Waals surface area contributed by atoms with Gasteiger partial charge in [-0.2, -0.15) is 0 Å². The summed E-state index contributed by atoms with van der Waals surface area (Å²) in [6.45, 7) is 2.29. The summed E-state index contributed by atoms with van der Waals surface area (Å²) in [4.78, 5) is 14.9. The average Bonchev–Trinajstić information content (AvgIpc) is 2.40. The zero-order valence-electron chi connectivity index (χ0n) is 10.2. The van der Waals surface area contributed by atoms with Crippen molar-refractivity contribution in [1.82, 2.24) is 4.98 Å². The lowest BCUT2D eigenvalue weighted by Crippen LogP contribution is -2.00. The molecule has 1 aromatic carbocycles. The molecular formula is C14H11BrClNO2. The molecule has 0 amide bonds. The molecule has 0 aliphatic rings. The number of benzene rings is 1. The largest absolute Gasteiger partial charge is 0.486 e. The molecule has 0 saturated carbocycles. The van der Waals surface area contributed by atoms with Crippen LogP contribution in [0.3, 0.4) is 0 Å². The van der Waals surface area contributed by atoms with E-state index in [9.17, 15) is 4.79 Å². The summed E-state index contributed by atoms with van der Waals surface area (Å²) in [6, 6.07) is 7.39. The fraction of sp³-hybridized carbons (Fsp3) is 0.143. The van der Waals surface area contributed by atoms with E-state index in [1.165, 1.54) is 0 Å². The van der Waals surface area contributed by atoms with Crippen LogP contribution in [-0.4, -0.2) is 11.3 Å². The first-order chi connectivity index (χ1) is 9.10. The van der Waals surface area contributed by atoms with Crippen LogP contribution >= 0.6 is 27.5 Å². The van der Waals surface area contributed by atoms with E-state index < -0.39 is 0 Å². The van der Waals surface area contributed by atoms with Crippen LogP contribution in [0.1, 0.15) is 21.6 Å². The minimum atomic E-state index is 0.286. The van der Waals surface area contributed by atoms with Crippen molar-refractivity contribution in [2.75, 3.05) is 0 Å².